The molecule has 4 aromatic rings. The van der Waals surface area contributed by atoms with E-state index in [1.807, 2.05) is 40.4 Å². The smallest absolute Gasteiger partial charge is 0.267 e. The Morgan fingerprint density at radius 1 is 1.10 bits per heavy atom. The molecule has 0 radical (unpaired) electrons. The van der Waals surface area contributed by atoms with Crippen LogP contribution in [0.5, 0.6) is 5.88 Å². The van der Waals surface area contributed by atoms with Crippen molar-refractivity contribution in [2.75, 3.05) is 6.54 Å². The van der Waals surface area contributed by atoms with Crippen molar-refractivity contribution in [3.8, 4) is 16.5 Å². The van der Waals surface area contributed by atoms with E-state index < -0.39 is 73.6 Å². The number of likely N-dealkylation sites (tertiary alicyclic amines) is 1. The van der Waals surface area contributed by atoms with Crippen molar-refractivity contribution in [2.45, 2.75) is 62.3 Å². The van der Waals surface area contributed by atoms with Gasteiger partial charge in [0, 0.05) is 12.3 Å². The first-order valence-corrected chi connectivity index (χ1v) is 18.2. The summed E-state index contributed by atoms with van der Waals surface area (Å²) in [5.74, 6) is -4.07. The monoisotopic (exact) mass is 721 g/mol. The van der Waals surface area contributed by atoms with Gasteiger partial charge in [0.05, 0.1) is 22.5 Å². The summed E-state index contributed by atoms with van der Waals surface area (Å²) < 4.78 is 48.6. The number of amides is 3. The lowest BCUT2D eigenvalue weighted by Crippen LogP contribution is -2.57. The minimum atomic E-state index is -4.64. The summed E-state index contributed by atoms with van der Waals surface area (Å²) in [5.41, 5.74) is -0.895. The molecule has 2 aliphatic rings. The standard InChI is InChI=1S/C35H36FN5O7S2/c1-5-20-18-35(20,33(45)40-50(46,47)27-15-9-6-11-22(27)36)39-30(43)25-17-21(19-41(25)32(44)29(42)34(2,3)4)48-31-28(26-14-10-16-49-26)37-23-12-7-8-13-24(23)38-31/h5-16,20-21,25,29,42H,1,17-19H2,2-4H3,(H,39,43)(H,40,45)/t20-,21-,25+,29-,35-/m1/s1. The highest BCUT2D eigenvalue weighted by Crippen LogP contribution is 2.45. The highest BCUT2D eigenvalue weighted by Gasteiger charge is 2.61. The molecule has 1 saturated carbocycles. The Balaban J connectivity index is 1.29. The van der Waals surface area contributed by atoms with E-state index >= 15 is 0 Å². The predicted molar refractivity (Wildman–Crippen MR) is 184 cm³/mol. The lowest BCUT2D eigenvalue weighted by Gasteiger charge is -2.32. The van der Waals surface area contributed by atoms with Crippen LogP contribution in [0.25, 0.3) is 21.6 Å². The number of para-hydroxylation sites is 2. The second kappa shape index (κ2) is 13.2. The third-order valence-electron chi connectivity index (χ3n) is 8.88. The second-order valence-corrected chi connectivity index (χ2v) is 16.1. The Kier molecular flexibility index (Phi) is 9.26. The summed E-state index contributed by atoms with van der Waals surface area (Å²) in [6, 6.07) is 14.4. The van der Waals surface area contributed by atoms with Gasteiger partial charge < -0.3 is 20.1 Å². The number of thiophene rings is 1. The van der Waals surface area contributed by atoms with Gasteiger partial charge in [0.1, 0.15) is 40.2 Å². The second-order valence-electron chi connectivity index (χ2n) is 13.5. The van der Waals surface area contributed by atoms with Crippen molar-refractivity contribution >= 4 is 50.1 Å². The molecule has 1 saturated heterocycles. The van der Waals surface area contributed by atoms with E-state index in [1.54, 1.807) is 26.8 Å². The van der Waals surface area contributed by atoms with E-state index in [0.29, 0.717) is 16.7 Å². The van der Waals surface area contributed by atoms with Gasteiger partial charge in [-0.3, -0.25) is 14.4 Å². The number of rotatable bonds is 10. The number of halogens is 1. The normalized spacial score (nSPS) is 22.5. The molecule has 0 spiro atoms. The molecule has 1 aliphatic carbocycles. The van der Waals surface area contributed by atoms with Gasteiger partial charge in [-0.2, -0.15) is 0 Å². The zero-order valence-electron chi connectivity index (χ0n) is 27.5. The molecule has 15 heteroatoms. The number of sulfonamides is 1. The molecule has 2 aromatic carbocycles. The van der Waals surface area contributed by atoms with Crippen LogP contribution in [0.15, 0.2) is 83.6 Å². The highest BCUT2D eigenvalue weighted by molar-refractivity contribution is 7.90. The minimum absolute atomic E-state index is 0.0168. The summed E-state index contributed by atoms with van der Waals surface area (Å²) in [7, 11) is -4.64. The molecule has 12 nitrogen and oxygen atoms in total. The zero-order valence-corrected chi connectivity index (χ0v) is 29.1. The fraction of sp³-hybridized carbons (Fsp3) is 0.343. The first-order valence-electron chi connectivity index (χ1n) is 15.9. The van der Waals surface area contributed by atoms with Crippen molar-refractivity contribution in [1.82, 2.24) is 24.9 Å². The molecule has 2 fully saturated rings. The van der Waals surface area contributed by atoms with Gasteiger partial charge in [0.25, 0.3) is 21.8 Å². The van der Waals surface area contributed by atoms with Gasteiger partial charge in [0.2, 0.25) is 11.8 Å². The molecular weight excluding hydrogens is 686 g/mol. The van der Waals surface area contributed by atoms with Gasteiger partial charge >= 0.3 is 0 Å². The van der Waals surface area contributed by atoms with Crippen LogP contribution in [-0.2, 0) is 24.4 Å². The fourth-order valence-corrected chi connectivity index (χ4v) is 7.79. The molecule has 1 aliphatic heterocycles. The van der Waals surface area contributed by atoms with E-state index in [1.165, 1.54) is 34.4 Å². The number of carbonyl (C=O) groups is 3. The molecule has 3 amide bonds. The third-order valence-corrected chi connectivity index (χ3v) is 11.1. The Morgan fingerprint density at radius 2 is 1.78 bits per heavy atom. The lowest BCUT2D eigenvalue weighted by molar-refractivity contribution is -0.150. The zero-order chi connectivity index (χ0) is 36.0. The SMILES string of the molecule is C=C[C@@H]1C[C@]1(NC(=O)[C@@H]1C[C@@H](Oc2nc3ccccc3nc2-c2cccs2)CN1C(=O)[C@@H](O)C(C)(C)C)C(=O)NS(=O)(=O)c1ccccc1F. The van der Waals surface area contributed by atoms with Crippen LogP contribution in [0.4, 0.5) is 4.39 Å². The quantitative estimate of drug-likeness (QED) is 0.206. The molecule has 5 atom stereocenters. The van der Waals surface area contributed by atoms with E-state index in [9.17, 15) is 32.3 Å². The first kappa shape index (κ1) is 35.1. The molecule has 3 heterocycles. The maximum atomic E-state index is 14.4. The van der Waals surface area contributed by atoms with Crippen molar-refractivity contribution in [2.24, 2.45) is 11.3 Å². The number of nitrogens with zero attached hydrogens (tertiary/aromatic N) is 3. The molecule has 50 heavy (non-hydrogen) atoms. The van der Waals surface area contributed by atoms with Crippen molar-refractivity contribution in [3.05, 3.63) is 84.5 Å². The number of hydrogen-bond acceptors (Lipinski definition) is 10. The lowest BCUT2D eigenvalue weighted by atomic mass is 9.88. The summed E-state index contributed by atoms with van der Waals surface area (Å²) in [6.07, 6.45) is -0.882. The topological polar surface area (TPSA) is 168 Å². The van der Waals surface area contributed by atoms with Gasteiger partial charge in [-0.25, -0.2) is 27.5 Å². The molecule has 6 rings (SSSR count). The summed E-state index contributed by atoms with van der Waals surface area (Å²) in [4.78, 5) is 52.1. The van der Waals surface area contributed by atoms with Crippen molar-refractivity contribution in [3.63, 3.8) is 0 Å². The molecule has 0 unspecified atom stereocenters. The molecule has 3 N–H and O–H groups in total. The first-order chi connectivity index (χ1) is 23.6. The van der Waals surface area contributed by atoms with Gasteiger partial charge in [-0.1, -0.05) is 57.2 Å². The average Bonchev–Trinajstić information content (AvgIpc) is 3.37. The molecular formula is C35H36FN5O7S2. The maximum absolute atomic E-state index is 14.4. The van der Waals surface area contributed by atoms with Crippen LogP contribution in [0, 0.1) is 17.2 Å². The van der Waals surface area contributed by atoms with E-state index in [4.69, 9.17) is 14.7 Å². The predicted octanol–water partition coefficient (Wildman–Crippen LogP) is 3.82. The number of aliphatic hydroxyl groups is 1. The van der Waals surface area contributed by atoms with Crippen molar-refractivity contribution < 1.29 is 37.0 Å². The number of carbonyl (C=O) groups excluding carboxylic acids is 3. The van der Waals surface area contributed by atoms with Crippen LogP contribution in [-0.4, -0.2) is 76.4 Å². The van der Waals surface area contributed by atoms with Gasteiger partial charge in [-0.05, 0) is 47.5 Å². The number of hydrogen-bond donors (Lipinski definition) is 3. The van der Waals surface area contributed by atoms with E-state index in [-0.39, 0.29) is 25.3 Å². The van der Waals surface area contributed by atoms with Crippen molar-refractivity contribution in [1.29, 1.82) is 0 Å². The molecule has 262 valence electrons. The summed E-state index contributed by atoms with van der Waals surface area (Å²) >= 11 is 1.44. The Bertz CT molecular complexity index is 2090. The third kappa shape index (κ3) is 6.72. The average molecular weight is 722 g/mol. The largest absolute Gasteiger partial charge is 0.471 e. The van der Waals surface area contributed by atoms with Gasteiger partial charge in [-0.15, -0.1) is 17.9 Å². The number of benzene rings is 2. The van der Waals surface area contributed by atoms with Gasteiger partial charge in [0.15, 0.2) is 0 Å². The highest BCUT2D eigenvalue weighted by atomic mass is 32.2. The number of nitrogens with one attached hydrogen (secondary N) is 2. The Hall–Kier alpha value is -4.73. The number of aliphatic hydroxyl groups excluding tert-OH is 1. The number of aromatic nitrogens is 2. The maximum Gasteiger partial charge on any atom is 0.267 e. The molecule has 0 bridgehead atoms. The fourth-order valence-electron chi connectivity index (χ4n) is 5.97. The molecule has 2 aromatic heterocycles. The number of ether oxygens (including phenoxy) is 1. The Morgan fingerprint density at radius 3 is 2.40 bits per heavy atom. The van der Waals surface area contributed by atoms with E-state index in [0.717, 1.165) is 17.0 Å². The van der Waals surface area contributed by atoms with Crippen LogP contribution >= 0.6 is 11.3 Å². The van der Waals surface area contributed by atoms with E-state index in [2.05, 4.69) is 11.9 Å². The van der Waals surface area contributed by atoms with Crippen LogP contribution in [0.2, 0.25) is 0 Å². The Labute approximate surface area is 292 Å². The number of fused-ring (bicyclic) bond motifs is 1. The summed E-state index contributed by atoms with van der Waals surface area (Å²) in [5, 5.41) is 15.5. The minimum Gasteiger partial charge on any atom is -0.471 e. The van der Waals surface area contributed by atoms with Crippen LogP contribution in [0.1, 0.15) is 33.6 Å². The van der Waals surface area contributed by atoms with Crippen LogP contribution in [0.3, 0.4) is 0 Å². The van der Waals surface area contributed by atoms with Crippen LogP contribution < -0.4 is 14.8 Å². The summed E-state index contributed by atoms with van der Waals surface area (Å²) in [6.45, 7) is 8.65.